The molecule has 0 atom stereocenters. The average molecular weight is 292 g/mol. The van der Waals surface area contributed by atoms with Gasteiger partial charge in [0.2, 0.25) is 5.91 Å². The van der Waals surface area contributed by atoms with Crippen LogP contribution in [-0.2, 0) is 17.9 Å². The van der Waals surface area contributed by atoms with Gasteiger partial charge in [0.05, 0.1) is 6.20 Å². The van der Waals surface area contributed by atoms with E-state index >= 15 is 0 Å². The number of hydrogen-bond donors (Lipinski definition) is 2. The van der Waals surface area contributed by atoms with Crippen LogP contribution in [0.3, 0.4) is 0 Å². The van der Waals surface area contributed by atoms with Crippen molar-refractivity contribution in [3.63, 3.8) is 0 Å². The van der Waals surface area contributed by atoms with Gasteiger partial charge in [-0.3, -0.25) is 4.79 Å². The Labute approximate surface area is 119 Å². The zero-order valence-corrected chi connectivity index (χ0v) is 11.2. The van der Waals surface area contributed by atoms with Crippen LogP contribution in [-0.4, -0.2) is 32.0 Å². The first kappa shape index (κ1) is 14.6. The van der Waals surface area contributed by atoms with Crippen LogP contribution >= 0.6 is 0 Å². The third kappa shape index (κ3) is 3.85. The number of aromatic carboxylic acids is 1. The van der Waals surface area contributed by atoms with Crippen molar-refractivity contribution in [2.75, 3.05) is 0 Å². The Morgan fingerprint density at radius 1 is 1.43 bits per heavy atom. The van der Waals surface area contributed by atoms with Gasteiger partial charge in [-0.05, 0) is 24.1 Å². The molecule has 0 saturated carbocycles. The standard InChI is InChI=1S/C13H13FN4O3/c1-8-2-3-9(4-10(8)14)5-15-12(19)7-18-6-11(13(20)21)16-17-18/h2-4,6H,5,7H2,1H3,(H,15,19)(H,20,21). The van der Waals surface area contributed by atoms with E-state index in [0.29, 0.717) is 11.1 Å². The van der Waals surface area contributed by atoms with Gasteiger partial charge in [-0.2, -0.15) is 0 Å². The number of nitrogens with one attached hydrogen (secondary N) is 1. The topological polar surface area (TPSA) is 97.1 Å². The summed E-state index contributed by atoms with van der Waals surface area (Å²) in [5.74, 6) is -1.92. The van der Waals surface area contributed by atoms with E-state index in [2.05, 4.69) is 15.6 Å². The molecular formula is C13H13FN4O3. The molecule has 0 aliphatic heterocycles. The van der Waals surface area contributed by atoms with Gasteiger partial charge in [-0.25, -0.2) is 13.9 Å². The minimum atomic E-state index is -1.21. The summed E-state index contributed by atoms with van der Waals surface area (Å²) in [4.78, 5) is 22.3. The van der Waals surface area contributed by atoms with E-state index in [0.717, 1.165) is 10.9 Å². The molecule has 21 heavy (non-hydrogen) atoms. The molecule has 0 saturated heterocycles. The predicted molar refractivity (Wildman–Crippen MR) is 70.0 cm³/mol. The third-order valence-corrected chi connectivity index (χ3v) is 2.79. The molecule has 2 rings (SSSR count). The summed E-state index contributed by atoms with van der Waals surface area (Å²) in [6.07, 6.45) is 1.16. The Kier molecular flexibility index (Phi) is 4.27. The van der Waals surface area contributed by atoms with Crippen molar-refractivity contribution < 1.29 is 19.1 Å². The van der Waals surface area contributed by atoms with Crippen LogP contribution in [0.4, 0.5) is 4.39 Å². The fourth-order valence-corrected chi connectivity index (χ4v) is 1.62. The van der Waals surface area contributed by atoms with E-state index < -0.39 is 5.97 Å². The number of hydrogen-bond acceptors (Lipinski definition) is 4. The van der Waals surface area contributed by atoms with Gasteiger partial charge in [-0.15, -0.1) is 5.10 Å². The second-order valence-corrected chi connectivity index (χ2v) is 4.47. The normalized spacial score (nSPS) is 10.4. The monoisotopic (exact) mass is 292 g/mol. The van der Waals surface area contributed by atoms with Gasteiger partial charge in [0.15, 0.2) is 5.69 Å². The average Bonchev–Trinajstić information content (AvgIpc) is 2.89. The van der Waals surface area contributed by atoms with Crippen LogP contribution in [0.25, 0.3) is 0 Å². The highest BCUT2D eigenvalue weighted by molar-refractivity contribution is 5.84. The van der Waals surface area contributed by atoms with Crippen molar-refractivity contribution in [2.45, 2.75) is 20.0 Å². The largest absolute Gasteiger partial charge is 0.476 e. The zero-order valence-electron chi connectivity index (χ0n) is 11.2. The van der Waals surface area contributed by atoms with E-state index in [9.17, 15) is 14.0 Å². The number of amides is 1. The summed E-state index contributed by atoms with van der Waals surface area (Å²) >= 11 is 0. The first-order valence-electron chi connectivity index (χ1n) is 6.11. The predicted octanol–water partition coefficient (Wildman–Crippen LogP) is 0.740. The van der Waals surface area contributed by atoms with Gasteiger partial charge in [0.1, 0.15) is 12.4 Å². The molecule has 0 unspecified atom stereocenters. The van der Waals surface area contributed by atoms with Gasteiger partial charge in [0, 0.05) is 6.54 Å². The Morgan fingerprint density at radius 3 is 2.81 bits per heavy atom. The number of carbonyl (C=O) groups is 2. The summed E-state index contributed by atoms with van der Waals surface area (Å²) in [6, 6.07) is 4.71. The number of aromatic nitrogens is 3. The fourth-order valence-electron chi connectivity index (χ4n) is 1.62. The number of halogens is 1. The van der Waals surface area contributed by atoms with Crippen LogP contribution in [0.15, 0.2) is 24.4 Å². The van der Waals surface area contributed by atoms with Crippen molar-refractivity contribution in [1.82, 2.24) is 20.3 Å². The van der Waals surface area contributed by atoms with E-state index in [1.54, 1.807) is 19.1 Å². The van der Waals surface area contributed by atoms with E-state index in [1.165, 1.54) is 6.07 Å². The van der Waals surface area contributed by atoms with Crippen LogP contribution in [0.1, 0.15) is 21.6 Å². The summed E-state index contributed by atoms with van der Waals surface area (Å²) in [6.45, 7) is 1.67. The lowest BCUT2D eigenvalue weighted by Gasteiger charge is -2.06. The molecule has 0 fully saturated rings. The quantitative estimate of drug-likeness (QED) is 0.847. The summed E-state index contributed by atoms with van der Waals surface area (Å²) in [5, 5.41) is 18.2. The van der Waals surface area contributed by atoms with E-state index in [4.69, 9.17) is 5.11 Å². The number of carbonyl (C=O) groups excluding carboxylic acids is 1. The maximum atomic E-state index is 13.3. The smallest absolute Gasteiger partial charge is 0.358 e. The number of carboxylic acid groups (broad SMARTS) is 1. The molecule has 2 aromatic rings. The summed E-state index contributed by atoms with van der Waals surface area (Å²) in [5.41, 5.74) is 0.938. The highest BCUT2D eigenvalue weighted by atomic mass is 19.1. The molecule has 0 bridgehead atoms. The van der Waals surface area contributed by atoms with Gasteiger partial charge < -0.3 is 10.4 Å². The van der Waals surface area contributed by atoms with E-state index in [-0.39, 0.29) is 30.5 Å². The molecule has 1 aromatic heterocycles. The van der Waals surface area contributed by atoms with Gasteiger partial charge >= 0.3 is 5.97 Å². The highest BCUT2D eigenvalue weighted by Gasteiger charge is 2.10. The van der Waals surface area contributed by atoms with Crippen molar-refractivity contribution in [1.29, 1.82) is 0 Å². The molecule has 0 aliphatic rings. The second-order valence-electron chi connectivity index (χ2n) is 4.47. The third-order valence-electron chi connectivity index (χ3n) is 2.79. The maximum Gasteiger partial charge on any atom is 0.358 e. The van der Waals surface area contributed by atoms with Crippen molar-refractivity contribution in [3.05, 3.63) is 47.0 Å². The highest BCUT2D eigenvalue weighted by Crippen LogP contribution is 2.08. The molecule has 1 heterocycles. The molecular weight excluding hydrogens is 279 g/mol. The van der Waals surface area contributed by atoms with Crippen LogP contribution in [0, 0.1) is 12.7 Å². The number of benzene rings is 1. The lowest BCUT2D eigenvalue weighted by Crippen LogP contribution is -2.27. The van der Waals surface area contributed by atoms with Crippen molar-refractivity contribution in [3.8, 4) is 0 Å². The molecule has 110 valence electrons. The molecule has 0 radical (unpaired) electrons. The molecule has 1 aromatic carbocycles. The molecule has 8 heteroatoms. The Hall–Kier alpha value is -2.77. The zero-order chi connectivity index (χ0) is 15.4. The minimum Gasteiger partial charge on any atom is -0.476 e. The molecule has 1 amide bonds. The Morgan fingerprint density at radius 2 is 2.19 bits per heavy atom. The Balaban J connectivity index is 1.89. The summed E-state index contributed by atoms with van der Waals surface area (Å²) in [7, 11) is 0. The number of aryl methyl sites for hydroxylation is 1. The Bertz CT molecular complexity index is 684. The molecule has 0 aliphatic carbocycles. The van der Waals surface area contributed by atoms with Crippen LogP contribution in [0.2, 0.25) is 0 Å². The molecule has 2 N–H and O–H groups in total. The lowest BCUT2D eigenvalue weighted by atomic mass is 10.1. The number of carboxylic acids is 1. The van der Waals surface area contributed by atoms with E-state index in [1.807, 2.05) is 0 Å². The van der Waals surface area contributed by atoms with Crippen molar-refractivity contribution in [2.24, 2.45) is 0 Å². The van der Waals surface area contributed by atoms with Crippen LogP contribution in [0.5, 0.6) is 0 Å². The fraction of sp³-hybridized carbons (Fsp3) is 0.231. The molecule has 7 nitrogen and oxygen atoms in total. The SMILES string of the molecule is Cc1ccc(CNC(=O)Cn2cc(C(=O)O)nn2)cc1F. The number of rotatable bonds is 5. The van der Waals surface area contributed by atoms with Gasteiger partial charge in [-0.1, -0.05) is 17.3 Å². The molecule has 0 spiro atoms. The maximum absolute atomic E-state index is 13.3. The lowest BCUT2D eigenvalue weighted by molar-refractivity contribution is -0.122. The number of nitrogens with zero attached hydrogens (tertiary/aromatic N) is 3. The van der Waals surface area contributed by atoms with Gasteiger partial charge in [0.25, 0.3) is 0 Å². The van der Waals surface area contributed by atoms with Crippen molar-refractivity contribution >= 4 is 11.9 Å². The summed E-state index contributed by atoms with van der Waals surface area (Å²) < 4.78 is 14.5. The second kappa shape index (κ2) is 6.12. The first-order valence-corrected chi connectivity index (χ1v) is 6.11. The minimum absolute atomic E-state index is 0.158. The first-order chi connectivity index (χ1) is 9.95. The van der Waals surface area contributed by atoms with Crippen LogP contribution < -0.4 is 5.32 Å².